The number of hydrogen-bond donors (Lipinski definition) is 1. The van der Waals surface area contributed by atoms with Gasteiger partial charge < -0.3 is 0 Å². The lowest BCUT2D eigenvalue weighted by Crippen LogP contribution is -2.25. The van der Waals surface area contributed by atoms with Gasteiger partial charge in [-0.2, -0.15) is 5.26 Å². The summed E-state index contributed by atoms with van der Waals surface area (Å²) in [6.07, 6.45) is 2.63. The summed E-state index contributed by atoms with van der Waals surface area (Å²) in [6, 6.07) is 1.59. The molecule has 0 fully saturated rings. The molecule has 1 rings (SSSR count). The monoisotopic (exact) mass is 245 g/mol. The predicted molar refractivity (Wildman–Crippen MR) is 57.7 cm³/mol. The van der Waals surface area contributed by atoms with Crippen LogP contribution < -0.4 is 4.72 Å². The van der Waals surface area contributed by atoms with Crippen molar-refractivity contribution >= 4 is 21.4 Å². The van der Waals surface area contributed by atoms with Crippen LogP contribution in [0.1, 0.15) is 16.8 Å². The summed E-state index contributed by atoms with van der Waals surface area (Å²) < 4.78 is 24.6. The number of aryl methyl sites for hydroxylation is 1. The minimum Gasteiger partial charge on any atom is -0.248 e. The van der Waals surface area contributed by atoms with Crippen LogP contribution in [0.2, 0.25) is 0 Å². The third-order valence-electron chi connectivity index (χ3n) is 1.65. The molecule has 82 valence electrons. The quantitative estimate of drug-likeness (QED) is 0.825. The Hall–Kier alpha value is -0.970. The Kier molecular flexibility index (Phi) is 4.20. The second kappa shape index (κ2) is 5.21. The normalized spacial score (nSPS) is 11.2. The molecule has 1 aromatic heterocycles. The second-order valence-corrected chi connectivity index (χ2v) is 5.82. The van der Waals surface area contributed by atoms with Crippen molar-refractivity contribution in [1.29, 1.82) is 5.26 Å². The molecule has 15 heavy (non-hydrogen) atoms. The molecule has 1 N–H and O–H groups in total. The summed E-state index contributed by atoms with van der Waals surface area (Å²) >= 11 is 1.47. The lowest BCUT2D eigenvalue weighted by atomic mass is 10.4. The van der Waals surface area contributed by atoms with Crippen molar-refractivity contribution in [2.24, 2.45) is 0 Å². The van der Waals surface area contributed by atoms with E-state index >= 15 is 0 Å². The first-order chi connectivity index (χ1) is 7.07. The van der Waals surface area contributed by atoms with E-state index in [2.05, 4.69) is 9.71 Å². The minimum atomic E-state index is -3.47. The molecule has 0 saturated carbocycles. The van der Waals surface area contributed by atoms with E-state index in [0.717, 1.165) is 11.3 Å². The zero-order valence-electron chi connectivity index (χ0n) is 8.23. The van der Waals surface area contributed by atoms with Gasteiger partial charge in [0.1, 0.15) is 5.01 Å². The van der Waals surface area contributed by atoms with Gasteiger partial charge in [-0.1, -0.05) is 6.92 Å². The van der Waals surface area contributed by atoms with E-state index in [4.69, 9.17) is 5.26 Å². The summed E-state index contributed by atoms with van der Waals surface area (Å²) in [6.45, 7) is 2.17. The van der Waals surface area contributed by atoms with Crippen LogP contribution in [-0.4, -0.2) is 19.2 Å². The van der Waals surface area contributed by atoms with Gasteiger partial charge >= 0.3 is 0 Å². The van der Waals surface area contributed by atoms with Crippen LogP contribution in [0.25, 0.3) is 0 Å². The van der Waals surface area contributed by atoms with Crippen LogP contribution in [0.4, 0.5) is 0 Å². The molecular weight excluding hydrogens is 234 g/mol. The molecule has 0 atom stereocenters. The SMILES string of the molecule is CCc1cnc(CNS(=O)(=O)CC#N)s1. The molecular formula is C8H11N3O2S2. The highest BCUT2D eigenvalue weighted by Crippen LogP contribution is 2.12. The maximum absolute atomic E-state index is 11.1. The van der Waals surface area contributed by atoms with E-state index in [-0.39, 0.29) is 6.54 Å². The van der Waals surface area contributed by atoms with Gasteiger partial charge in [0.15, 0.2) is 5.75 Å². The van der Waals surface area contributed by atoms with Gasteiger partial charge in [0.05, 0.1) is 12.6 Å². The minimum absolute atomic E-state index is 0.161. The Balaban J connectivity index is 2.54. The van der Waals surface area contributed by atoms with E-state index in [1.165, 1.54) is 11.3 Å². The number of nitrogens with one attached hydrogen (secondary N) is 1. The summed E-state index contributed by atoms with van der Waals surface area (Å²) in [4.78, 5) is 5.17. The zero-order chi connectivity index (χ0) is 11.3. The number of nitriles is 1. The standard InChI is InChI=1S/C8H11N3O2S2/c1-2-7-5-10-8(14-7)6-11-15(12,13)4-3-9/h5,11H,2,4,6H2,1H3. The molecule has 5 nitrogen and oxygen atoms in total. The fourth-order valence-electron chi connectivity index (χ4n) is 0.901. The summed E-state index contributed by atoms with van der Waals surface area (Å²) in [5, 5.41) is 8.98. The highest BCUT2D eigenvalue weighted by Gasteiger charge is 2.10. The fourth-order valence-corrected chi connectivity index (χ4v) is 2.42. The van der Waals surface area contributed by atoms with E-state index in [1.54, 1.807) is 12.3 Å². The average Bonchev–Trinajstić information content (AvgIpc) is 2.62. The van der Waals surface area contributed by atoms with Crippen LogP contribution in [0.15, 0.2) is 6.20 Å². The van der Waals surface area contributed by atoms with Crippen molar-refractivity contribution in [1.82, 2.24) is 9.71 Å². The van der Waals surface area contributed by atoms with Crippen LogP contribution in [-0.2, 0) is 23.0 Å². The molecule has 0 saturated heterocycles. The van der Waals surface area contributed by atoms with Gasteiger partial charge in [0, 0.05) is 11.1 Å². The number of rotatable bonds is 5. The number of nitrogens with zero attached hydrogens (tertiary/aromatic N) is 2. The molecule has 0 aliphatic rings. The van der Waals surface area contributed by atoms with Gasteiger partial charge in [-0.25, -0.2) is 18.1 Å². The lowest BCUT2D eigenvalue weighted by Gasteiger charge is -1.99. The van der Waals surface area contributed by atoms with Crippen molar-refractivity contribution < 1.29 is 8.42 Å². The first-order valence-corrected chi connectivity index (χ1v) is 6.82. The van der Waals surface area contributed by atoms with Gasteiger partial charge in [-0.15, -0.1) is 11.3 Å². The Morgan fingerprint density at radius 3 is 2.93 bits per heavy atom. The molecule has 0 aliphatic carbocycles. The van der Waals surface area contributed by atoms with Crippen molar-refractivity contribution in [3.8, 4) is 6.07 Å². The maximum atomic E-state index is 11.1. The van der Waals surface area contributed by atoms with E-state index in [1.807, 2.05) is 6.92 Å². The number of aromatic nitrogens is 1. The largest absolute Gasteiger partial charge is 0.248 e. The molecule has 1 heterocycles. The van der Waals surface area contributed by atoms with E-state index in [9.17, 15) is 8.42 Å². The topological polar surface area (TPSA) is 82.8 Å². The number of thiazole rings is 1. The van der Waals surface area contributed by atoms with Crippen molar-refractivity contribution in [2.45, 2.75) is 19.9 Å². The van der Waals surface area contributed by atoms with Crippen molar-refractivity contribution in [3.63, 3.8) is 0 Å². The van der Waals surface area contributed by atoms with Gasteiger partial charge in [0.2, 0.25) is 10.0 Å². The third kappa shape index (κ3) is 3.95. The Bertz CT molecular complexity index is 458. The Labute approximate surface area is 92.8 Å². The van der Waals surface area contributed by atoms with Crippen LogP contribution in [0, 0.1) is 11.3 Å². The molecule has 1 aromatic rings. The van der Waals surface area contributed by atoms with Gasteiger partial charge in [0.25, 0.3) is 0 Å². The summed E-state index contributed by atoms with van der Waals surface area (Å²) in [5.74, 6) is -0.515. The number of sulfonamides is 1. The average molecular weight is 245 g/mol. The highest BCUT2D eigenvalue weighted by molar-refractivity contribution is 7.89. The lowest BCUT2D eigenvalue weighted by molar-refractivity contribution is 0.584. The highest BCUT2D eigenvalue weighted by atomic mass is 32.2. The van der Waals surface area contributed by atoms with Gasteiger partial charge in [-0.3, -0.25) is 0 Å². The molecule has 0 bridgehead atoms. The zero-order valence-corrected chi connectivity index (χ0v) is 9.86. The Morgan fingerprint density at radius 2 is 2.40 bits per heavy atom. The Morgan fingerprint density at radius 1 is 1.67 bits per heavy atom. The van der Waals surface area contributed by atoms with Crippen molar-refractivity contribution in [3.05, 3.63) is 16.1 Å². The first kappa shape index (κ1) is 12.1. The molecule has 0 unspecified atom stereocenters. The molecule has 0 radical (unpaired) electrons. The van der Waals surface area contributed by atoms with Gasteiger partial charge in [-0.05, 0) is 6.42 Å². The number of hydrogen-bond acceptors (Lipinski definition) is 5. The van der Waals surface area contributed by atoms with Crippen LogP contribution in [0.5, 0.6) is 0 Å². The van der Waals surface area contributed by atoms with E-state index < -0.39 is 15.8 Å². The summed E-state index contributed by atoms with van der Waals surface area (Å²) in [7, 11) is -3.47. The predicted octanol–water partition coefficient (Wildman–Crippen LogP) is 0.648. The fraction of sp³-hybridized carbons (Fsp3) is 0.500. The van der Waals surface area contributed by atoms with Crippen LogP contribution >= 0.6 is 11.3 Å². The molecule has 0 amide bonds. The first-order valence-electron chi connectivity index (χ1n) is 4.35. The van der Waals surface area contributed by atoms with E-state index in [0.29, 0.717) is 5.01 Å². The second-order valence-electron chi connectivity index (χ2n) is 2.81. The molecule has 7 heteroatoms. The smallest absolute Gasteiger partial charge is 0.225 e. The summed E-state index contributed by atoms with van der Waals surface area (Å²) in [5.41, 5.74) is 0. The van der Waals surface area contributed by atoms with Crippen LogP contribution in [0.3, 0.4) is 0 Å². The molecule has 0 aromatic carbocycles. The molecule has 0 spiro atoms. The maximum Gasteiger partial charge on any atom is 0.225 e. The third-order valence-corrected chi connectivity index (χ3v) is 3.88. The molecule has 0 aliphatic heterocycles. The van der Waals surface area contributed by atoms with Crippen molar-refractivity contribution in [2.75, 3.05) is 5.75 Å².